The number of rotatable bonds is 2. The minimum absolute atomic E-state index is 0.104. The Morgan fingerprint density at radius 1 is 0.957 bits per heavy atom. The van der Waals surface area contributed by atoms with Crippen LogP contribution < -0.4 is 4.90 Å². The number of carbonyl (C=O) groups excluding carboxylic acids is 1. The van der Waals surface area contributed by atoms with Crippen molar-refractivity contribution < 1.29 is 4.79 Å². The normalized spacial score (nSPS) is 27.1. The summed E-state index contributed by atoms with van der Waals surface area (Å²) in [4.78, 5) is 15.1. The molecule has 23 heavy (non-hydrogen) atoms. The molecule has 0 N–H and O–H groups in total. The fourth-order valence-electron chi connectivity index (χ4n) is 4.24. The van der Waals surface area contributed by atoms with E-state index in [2.05, 4.69) is 41.3 Å². The molecule has 1 aliphatic carbocycles. The molecule has 0 aromatic heterocycles. The van der Waals surface area contributed by atoms with Crippen molar-refractivity contribution in [3.63, 3.8) is 0 Å². The summed E-state index contributed by atoms with van der Waals surface area (Å²) < 4.78 is 0. The highest BCUT2D eigenvalue weighted by molar-refractivity contribution is 6.30. The Morgan fingerprint density at radius 3 is 2.43 bits per heavy atom. The van der Waals surface area contributed by atoms with Gasteiger partial charge in [0, 0.05) is 29.1 Å². The van der Waals surface area contributed by atoms with Crippen LogP contribution in [-0.2, 0) is 4.79 Å². The highest BCUT2D eigenvalue weighted by atomic mass is 35.5. The number of ketones is 1. The predicted octanol–water partition coefficient (Wildman–Crippen LogP) is 5.03. The molecule has 0 spiro atoms. The van der Waals surface area contributed by atoms with E-state index in [1.807, 2.05) is 18.2 Å². The molecule has 2 bridgehead atoms. The summed E-state index contributed by atoms with van der Waals surface area (Å²) in [5, 5.41) is 0.751. The van der Waals surface area contributed by atoms with Crippen molar-refractivity contribution in [1.29, 1.82) is 0 Å². The lowest BCUT2D eigenvalue weighted by atomic mass is 9.81. The average molecular weight is 326 g/mol. The van der Waals surface area contributed by atoms with E-state index in [1.165, 1.54) is 11.3 Å². The van der Waals surface area contributed by atoms with Gasteiger partial charge in [0.15, 0.2) is 0 Å². The van der Waals surface area contributed by atoms with Gasteiger partial charge in [0.1, 0.15) is 5.78 Å². The largest absolute Gasteiger partial charge is 0.360 e. The Balaban J connectivity index is 1.83. The van der Waals surface area contributed by atoms with Gasteiger partial charge in [0.05, 0.1) is 6.04 Å². The van der Waals surface area contributed by atoms with Crippen molar-refractivity contribution in [1.82, 2.24) is 0 Å². The Hall–Kier alpha value is -1.80. The first kappa shape index (κ1) is 14.8. The molecule has 2 aliphatic heterocycles. The van der Waals surface area contributed by atoms with Crippen LogP contribution in [0.3, 0.4) is 0 Å². The first-order valence-corrected chi connectivity index (χ1v) is 8.73. The van der Waals surface area contributed by atoms with Crippen molar-refractivity contribution in [3.8, 4) is 0 Å². The van der Waals surface area contributed by atoms with Crippen LogP contribution in [0.15, 0.2) is 54.6 Å². The van der Waals surface area contributed by atoms with Gasteiger partial charge < -0.3 is 4.90 Å². The maximum atomic E-state index is 12.6. The second-order valence-electron chi connectivity index (χ2n) is 6.60. The fraction of sp³-hybridized carbons (Fsp3) is 0.350. The summed E-state index contributed by atoms with van der Waals surface area (Å²) in [5.41, 5.74) is 2.42. The van der Waals surface area contributed by atoms with E-state index >= 15 is 0 Å². The van der Waals surface area contributed by atoms with Crippen molar-refractivity contribution in [2.45, 2.75) is 37.8 Å². The van der Waals surface area contributed by atoms with Crippen LogP contribution in [0.1, 0.15) is 37.3 Å². The summed E-state index contributed by atoms with van der Waals surface area (Å²) in [6.07, 6.45) is 3.90. The van der Waals surface area contributed by atoms with Crippen molar-refractivity contribution in [2.24, 2.45) is 5.92 Å². The minimum atomic E-state index is 0.104. The van der Waals surface area contributed by atoms with E-state index in [0.29, 0.717) is 18.2 Å². The van der Waals surface area contributed by atoms with Crippen LogP contribution in [0.4, 0.5) is 5.69 Å². The molecular formula is C20H20ClNO. The molecule has 0 radical (unpaired) electrons. The first-order valence-electron chi connectivity index (χ1n) is 8.35. The minimum Gasteiger partial charge on any atom is -0.360 e. The molecular weight excluding hydrogens is 306 g/mol. The number of hydrogen-bond acceptors (Lipinski definition) is 2. The number of anilines is 1. The first-order chi connectivity index (χ1) is 11.2. The topological polar surface area (TPSA) is 20.3 Å². The third-order valence-electron chi connectivity index (χ3n) is 5.24. The number of fused-ring (bicyclic) bond motifs is 4. The summed E-state index contributed by atoms with van der Waals surface area (Å²) >= 11 is 6.07. The van der Waals surface area contributed by atoms with Crippen LogP contribution in [0, 0.1) is 5.92 Å². The van der Waals surface area contributed by atoms with Crippen LogP contribution in [0.25, 0.3) is 0 Å². The highest BCUT2D eigenvalue weighted by Crippen LogP contribution is 2.46. The van der Waals surface area contributed by atoms with E-state index in [9.17, 15) is 4.79 Å². The summed E-state index contributed by atoms with van der Waals surface area (Å²) in [5.74, 6) is 0.540. The maximum Gasteiger partial charge on any atom is 0.140 e. The van der Waals surface area contributed by atoms with Crippen LogP contribution >= 0.6 is 11.6 Å². The van der Waals surface area contributed by atoms with Crippen molar-refractivity contribution in [3.05, 3.63) is 65.2 Å². The van der Waals surface area contributed by atoms with E-state index in [-0.39, 0.29) is 12.0 Å². The zero-order valence-corrected chi connectivity index (χ0v) is 13.7. The number of Topliss-reactive ketones (excluding diaryl/α,β-unsaturated/α-hetero) is 1. The molecule has 2 saturated heterocycles. The van der Waals surface area contributed by atoms with Crippen molar-refractivity contribution >= 4 is 23.1 Å². The molecule has 3 heteroatoms. The number of piperidine rings is 1. The van der Waals surface area contributed by atoms with Crippen molar-refractivity contribution in [2.75, 3.05) is 4.90 Å². The molecule has 5 rings (SSSR count). The number of nitrogens with zero attached hydrogens (tertiary/aromatic N) is 1. The monoisotopic (exact) mass is 325 g/mol. The lowest BCUT2D eigenvalue weighted by molar-refractivity contribution is -0.125. The van der Waals surface area contributed by atoms with E-state index in [0.717, 1.165) is 24.3 Å². The van der Waals surface area contributed by atoms with E-state index in [4.69, 9.17) is 11.6 Å². The Kier molecular flexibility index (Phi) is 3.86. The third kappa shape index (κ3) is 2.66. The number of carbonyl (C=O) groups is 1. The standard InChI is InChI=1S/C20H20ClNO/c21-15-9-11-16(12-10-15)22-17-7-4-8-18(19(23)13-17)20(22)14-5-2-1-3-6-14/h1-3,5-6,9-12,17-18,20H,4,7-8,13H2/t17-,18+,20+/m1/s1. The lowest BCUT2D eigenvalue weighted by Gasteiger charge is -2.45. The molecule has 2 aromatic rings. The summed E-state index contributed by atoms with van der Waals surface area (Å²) in [6, 6.07) is 19.0. The highest BCUT2D eigenvalue weighted by Gasteiger charge is 2.44. The third-order valence-corrected chi connectivity index (χ3v) is 5.49. The SMILES string of the molecule is O=C1C[C@H]2CCC[C@@H]1[C@H](c1ccccc1)N2c1ccc(Cl)cc1. The van der Waals surface area contributed by atoms with Gasteiger partial charge in [-0.1, -0.05) is 48.4 Å². The molecule has 3 atom stereocenters. The average Bonchev–Trinajstić information content (AvgIpc) is 2.87. The summed E-state index contributed by atoms with van der Waals surface area (Å²) in [7, 11) is 0. The molecule has 118 valence electrons. The molecule has 3 aliphatic rings. The maximum absolute atomic E-state index is 12.6. The van der Waals surface area contributed by atoms with Gasteiger partial charge in [0.2, 0.25) is 0 Å². The second kappa shape index (κ2) is 6.01. The smallest absolute Gasteiger partial charge is 0.140 e. The zero-order chi connectivity index (χ0) is 15.8. The molecule has 0 unspecified atom stereocenters. The zero-order valence-electron chi connectivity index (χ0n) is 13.0. The molecule has 1 saturated carbocycles. The van der Waals surface area contributed by atoms with Crippen LogP contribution in [-0.4, -0.2) is 11.8 Å². The Bertz CT molecular complexity index is 697. The molecule has 0 amide bonds. The van der Waals surface area contributed by atoms with Crippen LogP contribution in [0.2, 0.25) is 5.02 Å². The number of hydrogen-bond donors (Lipinski definition) is 0. The lowest BCUT2D eigenvalue weighted by Crippen LogP contribution is -2.48. The van der Waals surface area contributed by atoms with Gasteiger partial charge in [-0.25, -0.2) is 0 Å². The van der Waals surface area contributed by atoms with E-state index in [1.54, 1.807) is 0 Å². The van der Waals surface area contributed by atoms with Gasteiger partial charge in [0.25, 0.3) is 0 Å². The molecule has 3 fully saturated rings. The number of benzene rings is 2. The summed E-state index contributed by atoms with van der Waals surface area (Å²) in [6.45, 7) is 0. The fourth-order valence-corrected chi connectivity index (χ4v) is 4.37. The predicted molar refractivity (Wildman–Crippen MR) is 93.9 cm³/mol. The van der Waals surface area contributed by atoms with E-state index < -0.39 is 0 Å². The van der Waals surface area contributed by atoms with Gasteiger partial charge in [-0.15, -0.1) is 0 Å². The number of halogens is 1. The van der Waals surface area contributed by atoms with Crippen LogP contribution in [0.5, 0.6) is 0 Å². The Labute approximate surface area is 142 Å². The second-order valence-corrected chi connectivity index (χ2v) is 7.04. The van der Waals surface area contributed by atoms with Gasteiger partial charge in [-0.05, 0) is 42.7 Å². The molecule has 2 nitrogen and oxygen atoms in total. The molecule has 2 aromatic carbocycles. The van der Waals surface area contributed by atoms with Gasteiger partial charge in [-0.3, -0.25) is 4.79 Å². The molecule has 2 heterocycles. The quantitative estimate of drug-likeness (QED) is 0.772. The van der Waals surface area contributed by atoms with Gasteiger partial charge >= 0.3 is 0 Å². The van der Waals surface area contributed by atoms with Gasteiger partial charge in [-0.2, -0.15) is 0 Å². The Morgan fingerprint density at radius 2 is 1.70 bits per heavy atom.